The molecule has 0 radical (unpaired) electrons. The Morgan fingerprint density at radius 2 is 2.08 bits per heavy atom. The Morgan fingerprint density at radius 1 is 1.33 bits per heavy atom. The van der Waals surface area contributed by atoms with Crippen LogP contribution in [-0.4, -0.2) is 34.5 Å². The van der Waals surface area contributed by atoms with Crippen molar-refractivity contribution in [1.82, 2.24) is 9.47 Å². The van der Waals surface area contributed by atoms with Crippen molar-refractivity contribution in [1.29, 1.82) is 0 Å². The molecule has 130 valence electrons. The summed E-state index contributed by atoms with van der Waals surface area (Å²) in [6, 6.07) is 9.80. The number of nitrogens with two attached hydrogens (primary N) is 1. The Labute approximate surface area is 154 Å². The second-order valence-electron chi connectivity index (χ2n) is 6.13. The van der Waals surface area contributed by atoms with Crippen molar-refractivity contribution in [3.63, 3.8) is 0 Å². The Hall–Kier alpha value is -1.49. The normalized spacial score (nSPS) is 17.0. The number of carbonyl (C=O) groups excluding carboxylic acids is 1. The van der Waals surface area contributed by atoms with Gasteiger partial charge in [-0.25, -0.2) is 0 Å². The van der Waals surface area contributed by atoms with Gasteiger partial charge in [-0.05, 0) is 51.0 Å². The van der Waals surface area contributed by atoms with E-state index in [9.17, 15) is 4.79 Å². The van der Waals surface area contributed by atoms with Crippen LogP contribution in [0.25, 0.3) is 5.69 Å². The predicted molar refractivity (Wildman–Crippen MR) is 101 cm³/mol. The van der Waals surface area contributed by atoms with E-state index in [2.05, 4.69) is 4.57 Å². The molecule has 1 unspecified atom stereocenters. The number of carbonyl (C=O) groups is 1. The number of likely N-dealkylation sites (tertiary alicyclic amines) is 1. The summed E-state index contributed by atoms with van der Waals surface area (Å²) in [5, 5.41) is 0.686. The van der Waals surface area contributed by atoms with Gasteiger partial charge in [0.1, 0.15) is 0 Å². The van der Waals surface area contributed by atoms with Crippen molar-refractivity contribution in [2.45, 2.75) is 32.7 Å². The fourth-order valence-corrected chi connectivity index (χ4v) is 3.68. The maximum atomic E-state index is 12.9. The van der Waals surface area contributed by atoms with Crippen LogP contribution in [0.3, 0.4) is 0 Å². The average Bonchev–Trinajstić information content (AvgIpc) is 3.11. The molecule has 2 N–H and O–H groups in total. The van der Waals surface area contributed by atoms with E-state index in [4.69, 9.17) is 17.3 Å². The van der Waals surface area contributed by atoms with Crippen LogP contribution in [-0.2, 0) is 0 Å². The van der Waals surface area contributed by atoms with Crippen molar-refractivity contribution in [3.05, 3.63) is 52.3 Å². The highest BCUT2D eigenvalue weighted by atomic mass is 35.5. The highest BCUT2D eigenvalue weighted by Crippen LogP contribution is 2.26. The molecule has 0 aliphatic carbocycles. The third-order valence-electron chi connectivity index (χ3n) is 4.64. The third kappa shape index (κ3) is 3.32. The van der Waals surface area contributed by atoms with Gasteiger partial charge < -0.3 is 15.2 Å². The molecule has 3 rings (SSSR count). The maximum absolute atomic E-state index is 12.9. The molecule has 0 spiro atoms. The quantitative estimate of drug-likeness (QED) is 0.898. The van der Waals surface area contributed by atoms with Crippen molar-refractivity contribution in [3.8, 4) is 5.69 Å². The molecule has 6 heteroatoms. The fourth-order valence-electron chi connectivity index (χ4n) is 3.49. The summed E-state index contributed by atoms with van der Waals surface area (Å²) < 4.78 is 2.08. The molecule has 1 atom stereocenters. The first-order chi connectivity index (χ1) is 11.0. The molecule has 1 aromatic heterocycles. The number of hydrogen-bond acceptors (Lipinski definition) is 2. The lowest BCUT2D eigenvalue weighted by molar-refractivity contribution is 0.0740. The van der Waals surface area contributed by atoms with E-state index >= 15 is 0 Å². The maximum Gasteiger partial charge on any atom is 0.255 e. The molecule has 24 heavy (non-hydrogen) atoms. The van der Waals surface area contributed by atoms with Gasteiger partial charge in [0.05, 0.1) is 5.56 Å². The predicted octanol–water partition coefficient (Wildman–Crippen LogP) is 3.73. The average molecular weight is 368 g/mol. The number of benzene rings is 1. The van der Waals surface area contributed by atoms with Gasteiger partial charge in [-0.15, -0.1) is 12.4 Å². The summed E-state index contributed by atoms with van der Waals surface area (Å²) >= 11 is 6.11. The Morgan fingerprint density at radius 3 is 2.75 bits per heavy atom. The second kappa shape index (κ2) is 7.60. The number of aromatic nitrogens is 1. The topological polar surface area (TPSA) is 51.3 Å². The van der Waals surface area contributed by atoms with Gasteiger partial charge in [0, 0.05) is 41.2 Å². The molecule has 1 aliphatic heterocycles. The van der Waals surface area contributed by atoms with Gasteiger partial charge in [-0.1, -0.05) is 17.7 Å². The van der Waals surface area contributed by atoms with Crippen LogP contribution in [0.1, 0.15) is 34.6 Å². The van der Waals surface area contributed by atoms with E-state index < -0.39 is 0 Å². The molecule has 1 amide bonds. The minimum atomic E-state index is 0. The molecule has 1 aromatic carbocycles. The van der Waals surface area contributed by atoms with Crippen LogP contribution in [0.2, 0.25) is 5.02 Å². The van der Waals surface area contributed by atoms with Crippen LogP contribution in [0, 0.1) is 13.8 Å². The zero-order chi connectivity index (χ0) is 16.6. The zero-order valence-electron chi connectivity index (χ0n) is 14.0. The first-order valence-electron chi connectivity index (χ1n) is 7.99. The Kier molecular flexibility index (Phi) is 5.97. The van der Waals surface area contributed by atoms with Gasteiger partial charge in [-0.2, -0.15) is 0 Å². The smallest absolute Gasteiger partial charge is 0.255 e. The molecular weight excluding hydrogens is 345 g/mol. The minimum Gasteiger partial charge on any atom is -0.334 e. The van der Waals surface area contributed by atoms with Gasteiger partial charge in [0.25, 0.3) is 5.91 Å². The molecule has 4 nitrogen and oxygen atoms in total. The zero-order valence-corrected chi connectivity index (χ0v) is 15.5. The molecule has 1 aliphatic rings. The first kappa shape index (κ1) is 18.8. The number of rotatable bonds is 3. The summed E-state index contributed by atoms with van der Waals surface area (Å²) in [4.78, 5) is 14.9. The van der Waals surface area contributed by atoms with E-state index in [0.29, 0.717) is 11.6 Å². The van der Waals surface area contributed by atoms with E-state index in [1.54, 1.807) is 0 Å². The van der Waals surface area contributed by atoms with E-state index in [1.165, 1.54) is 0 Å². The standard InChI is InChI=1S/C18H22ClN3O.ClH/c1-12-9-17(18(23)21-8-4-7-16(21)11-20)13(2)22(12)15-6-3-5-14(19)10-15;/h3,5-6,9-10,16H,4,7-8,11,20H2,1-2H3;1H. The Balaban J connectivity index is 0.00000208. The van der Waals surface area contributed by atoms with Crippen LogP contribution in [0.15, 0.2) is 30.3 Å². The first-order valence-corrected chi connectivity index (χ1v) is 8.36. The lowest BCUT2D eigenvalue weighted by Gasteiger charge is -2.23. The van der Waals surface area contributed by atoms with Crippen molar-refractivity contribution < 1.29 is 4.79 Å². The molecule has 2 heterocycles. The highest BCUT2D eigenvalue weighted by Gasteiger charge is 2.30. The van der Waals surface area contributed by atoms with Gasteiger partial charge in [0.15, 0.2) is 0 Å². The van der Waals surface area contributed by atoms with E-state index in [0.717, 1.165) is 42.0 Å². The second-order valence-corrected chi connectivity index (χ2v) is 6.57. The lowest BCUT2D eigenvalue weighted by atomic mass is 10.2. The number of aryl methyl sites for hydroxylation is 1. The monoisotopic (exact) mass is 367 g/mol. The highest BCUT2D eigenvalue weighted by molar-refractivity contribution is 6.30. The van der Waals surface area contributed by atoms with Gasteiger partial charge in [-0.3, -0.25) is 4.79 Å². The van der Waals surface area contributed by atoms with Crippen LogP contribution >= 0.6 is 24.0 Å². The summed E-state index contributed by atoms with van der Waals surface area (Å²) in [6.07, 6.45) is 2.02. The van der Waals surface area contributed by atoms with Crippen molar-refractivity contribution in [2.24, 2.45) is 5.73 Å². The molecule has 0 saturated carbocycles. The number of halogens is 2. The summed E-state index contributed by atoms with van der Waals surface area (Å²) in [5.41, 5.74) is 9.50. The SMILES string of the molecule is Cc1cc(C(=O)N2CCCC2CN)c(C)n1-c1cccc(Cl)c1.Cl. The summed E-state index contributed by atoms with van der Waals surface area (Å²) in [6.45, 7) is 5.31. The van der Waals surface area contributed by atoms with Crippen molar-refractivity contribution >= 4 is 29.9 Å². The summed E-state index contributed by atoms with van der Waals surface area (Å²) in [5.74, 6) is 0.0827. The van der Waals surface area contributed by atoms with Gasteiger partial charge in [0.2, 0.25) is 0 Å². The van der Waals surface area contributed by atoms with Gasteiger partial charge >= 0.3 is 0 Å². The molecule has 1 saturated heterocycles. The molecular formula is C18H23Cl2N3O. The lowest BCUT2D eigenvalue weighted by Crippen LogP contribution is -2.40. The minimum absolute atomic E-state index is 0. The van der Waals surface area contributed by atoms with Crippen LogP contribution < -0.4 is 5.73 Å². The number of amides is 1. The number of hydrogen-bond donors (Lipinski definition) is 1. The largest absolute Gasteiger partial charge is 0.334 e. The van der Waals surface area contributed by atoms with Crippen LogP contribution in [0.4, 0.5) is 0 Å². The third-order valence-corrected chi connectivity index (χ3v) is 4.87. The number of nitrogens with zero attached hydrogens (tertiary/aromatic N) is 2. The Bertz CT molecular complexity index is 742. The molecule has 0 bridgehead atoms. The fraction of sp³-hybridized carbons (Fsp3) is 0.389. The van der Waals surface area contributed by atoms with E-state index in [-0.39, 0.29) is 24.4 Å². The summed E-state index contributed by atoms with van der Waals surface area (Å²) in [7, 11) is 0. The van der Waals surface area contributed by atoms with Crippen LogP contribution in [0.5, 0.6) is 0 Å². The van der Waals surface area contributed by atoms with Crippen molar-refractivity contribution in [2.75, 3.05) is 13.1 Å². The van der Waals surface area contributed by atoms with E-state index in [1.807, 2.05) is 49.1 Å². The molecule has 1 fully saturated rings. The molecule has 2 aromatic rings.